The van der Waals surface area contributed by atoms with Gasteiger partial charge in [-0.15, -0.1) is 11.3 Å². The van der Waals surface area contributed by atoms with E-state index in [9.17, 15) is 9.18 Å². The van der Waals surface area contributed by atoms with Crippen LogP contribution in [-0.4, -0.2) is 24.0 Å². The molecule has 0 aliphatic heterocycles. The number of hydrogen-bond acceptors (Lipinski definition) is 4. The van der Waals surface area contributed by atoms with Gasteiger partial charge < -0.3 is 10.6 Å². The Balaban J connectivity index is 1.37. The molecule has 3 aromatic rings. The highest BCUT2D eigenvalue weighted by Crippen LogP contribution is 2.23. The molecule has 1 heterocycles. The topological polar surface area (TPSA) is 54.0 Å². The zero-order valence-corrected chi connectivity index (χ0v) is 16.0. The summed E-state index contributed by atoms with van der Waals surface area (Å²) >= 11 is 1.63. The maximum absolute atomic E-state index is 13.1. The van der Waals surface area contributed by atoms with Gasteiger partial charge in [-0.2, -0.15) is 0 Å². The first-order valence-electron chi connectivity index (χ1n) is 8.83. The second-order valence-corrected chi connectivity index (χ2v) is 7.20. The van der Waals surface area contributed by atoms with Crippen molar-refractivity contribution in [2.24, 2.45) is 0 Å². The normalized spacial score (nSPS) is 10.7. The van der Waals surface area contributed by atoms with Crippen LogP contribution in [0.3, 0.4) is 0 Å². The predicted octanol–water partition coefficient (Wildman–Crippen LogP) is 3.71. The van der Waals surface area contributed by atoms with Gasteiger partial charge >= 0.3 is 0 Å². The molecule has 0 fully saturated rings. The number of thiazole rings is 1. The molecule has 0 spiro atoms. The molecule has 0 radical (unpaired) electrons. The van der Waals surface area contributed by atoms with Gasteiger partial charge in [0, 0.05) is 30.6 Å². The van der Waals surface area contributed by atoms with Crippen molar-refractivity contribution < 1.29 is 9.18 Å². The van der Waals surface area contributed by atoms with Crippen molar-refractivity contribution in [3.63, 3.8) is 0 Å². The van der Waals surface area contributed by atoms with Crippen LogP contribution in [0, 0.1) is 12.7 Å². The second kappa shape index (κ2) is 9.39. The van der Waals surface area contributed by atoms with Gasteiger partial charge in [0.25, 0.3) is 0 Å². The lowest BCUT2D eigenvalue weighted by molar-refractivity contribution is -0.120. The maximum atomic E-state index is 13.1. The van der Waals surface area contributed by atoms with Gasteiger partial charge in [-0.1, -0.05) is 42.0 Å². The number of benzene rings is 2. The summed E-state index contributed by atoms with van der Waals surface area (Å²) in [6, 6.07) is 14.4. The summed E-state index contributed by atoms with van der Waals surface area (Å²) in [6.07, 6.45) is 0.184. The van der Waals surface area contributed by atoms with E-state index in [1.807, 2.05) is 5.38 Å². The largest absolute Gasteiger partial charge is 0.355 e. The molecule has 0 aliphatic rings. The van der Waals surface area contributed by atoms with E-state index in [0.717, 1.165) is 16.3 Å². The first-order chi connectivity index (χ1) is 13.1. The lowest BCUT2D eigenvalue weighted by Gasteiger charge is -2.06. The summed E-state index contributed by atoms with van der Waals surface area (Å²) in [7, 11) is 0. The van der Waals surface area contributed by atoms with Crippen LogP contribution in [0.1, 0.15) is 16.8 Å². The van der Waals surface area contributed by atoms with Gasteiger partial charge in [0.15, 0.2) is 0 Å². The van der Waals surface area contributed by atoms with Crippen molar-refractivity contribution in [1.29, 1.82) is 0 Å². The van der Waals surface area contributed by atoms with Crippen LogP contribution in [0.2, 0.25) is 0 Å². The zero-order chi connectivity index (χ0) is 19.1. The molecule has 2 aromatic carbocycles. The third kappa shape index (κ3) is 5.98. The molecule has 1 aromatic heterocycles. The van der Waals surface area contributed by atoms with E-state index >= 15 is 0 Å². The van der Waals surface area contributed by atoms with Gasteiger partial charge in [-0.3, -0.25) is 4.79 Å². The van der Waals surface area contributed by atoms with Crippen LogP contribution >= 0.6 is 11.3 Å². The third-order valence-electron chi connectivity index (χ3n) is 4.03. The summed E-state index contributed by atoms with van der Waals surface area (Å²) in [5.41, 5.74) is 4.02. The van der Waals surface area contributed by atoms with Crippen LogP contribution < -0.4 is 10.6 Å². The molecule has 0 saturated heterocycles. The molecule has 0 unspecified atom stereocenters. The van der Waals surface area contributed by atoms with E-state index in [4.69, 9.17) is 0 Å². The number of carbonyl (C=O) groups is 1. The van der Waals surface area contributed by atoms with Crippen LogP contribution in [0.5, 0.6) is 0 Å². The Kier molecular flexibility index (Phi) is 6.68. The minimum atomic E-state index is -0.324. The quantitative estimate of drug-likeness (QED) is 0.583. The van der Waals surface area contributed by atoms with Crippen molar-refractivity contribution in [2.75, 3.05) is 13.1 Å². The minimum absolute atomic E-state index is 0.113. The number of rotatable bonds is 8. The van der Waals surface area contributed by atoms with E-state index in [2.05, 4.69) is 46.8 Å². The Morgan fingerprint density at radius 1 is 1.15 bits per heavy atom. The van der Waals surface area contributed by atoms with Gasteiger partial charge in [-0.05, 0) is 24.6 Å². The molecule has 0 bridgehead atoms. The average molecular weight is 383 g/mol. The van der Waals surface area contributed by atoms with Crippen molar-refractivity contribution in [2.45, 2.75) is 19.9 Å². The van der Waals surface area contributed by atoms with Crippen molar-refractivity contribution >= 4 is 17.2 Å². The molecule has 1 amide bonds. The van der Waals surface area contributed by atoms with Crippen LogP contribution in [0.4, 0.5) is 4.39 Å². The van der Waals surface area contributed by atoms with Crippen LogP contribution in [0.25, 0.3) is 10.6 Å². The smallest absolute Gasteiger partial charge is 0.224 e. The molecule has 27 heavy (non-hydrogen) atoms. The van der Waals surface area contributed by atoms with Gasteiger partial charge in [0.05, 0.1) is 12.1 Å². The Bertz CT molecular complexity index is 892. The Hall–Kier alpha value is -2.57. The fourth-order valence-corrected chi connectivity index (χ4v) is 3.44. The van der Waals surface area contributed by atoms with E-state index in [1.54, 1.807) is 23.5 Å². The lowest BCUT2D eigenvalue weighted by atomic mass is 10.1. The molecular formula is C21H22FN3OS. The number of carbonyl (C=O) groups excluding carboxylic acids is 1. The molecular weight excluding hydrogens is 361 g/mol. The molecule has 0 saturated carbocycles. The molecule has 4 nitrogen and oxygen atoms in total. The average Bonchev–Trinajstić information content (AvgIpc) is 3.11. The van der Waals surface area contributed by atoms with Crippen molar-refractivity contribution in [3.8, 4) is 10.6 Å². The highest BCUT2D eigenvalue weighted by Gasteiger charge is 2.05. The molecule has 140 valence electrons. The minimum Gasteiger partial charge on any atom is -0.355 e. The summed E-state index contributed by atoms with van der Waals surface area (Å²) in [5.74, 6) is -0.437. The van der Waals surface area contributed by atoms with Crippen LogP contribution in [0.15, 0.2) is 53.9 Å². The highest BCUT2D eigenvalue weighted by atomic mass is 32.1. The first-order valence-corrected chi connectivity index (χ1v) is 9.71. The Morgan fingerprint density at radius 3 is 2.74 bits per heavy atom. The van der Waals surface area contributed by atoms with Gasteiger partial charge in [0.2, 0.25) is 5.91 Å². The molecule has 2 N–H and O–H groups in total. The van der Waals surface area contributed by atoms with E-state index in [-0.39, 0.29) is 18.1 Å². The number of halogens is 1. The summed E-state index contributed by atoms with van der Waals surface area (Å²) < 4.78 is 13.1. The van der Waals surface area contributed by atoms with E-state index < -0.39 is 0 Å². The molecule has 6 heteroatoms. The summed E-state index contributed by atoms with van der Waals surface area (Å²) in [4.78, 5) is 16.5. The van der Waals surface area contributed by atoms with Crippen molar-refractivity contribution in [3.05, 3.63) is 76.5 Å². The third-order valence-corrected chi connectivity index (χ3v) is 4.97. The lowest BCUT2D eigenvalue weighted by Crippen LogP contribution is -2.32. The Labute approximate surface area is 162 Å². The zero-order valence-electron chi connectivity index (χ0n) is 15.2. The predicted molar refractivity (Wildman–Crippen MR) is 107 cm³/mol. The van der Waals surface area contributed by atoms with Crippen LogP contribution in [-0.2, 0) is 17.8 Å². The van der Waals surface area contributed by atoms with E-state index in [0.29, 0.717) is 25.2 Å². The number of nitrogens with zero attached hydrogens (tertiary/aromatic N) is 1. The maximum Gasteiger partial charge on any atom is 0.224 e. The molecule has 3 rings (SSSR count). The first kappa shape index (κ1) is 19.2. The monoisotopic (exact) mass is 383 g/mol. The number of aromatic nitrogens is 1. The van der Waals surface area contributed by atoms with Crippen molar-refractivity contribution in [1.82, 2.24) is 15.6 Å². The fourth-order valence-electron chi connectivity index (χ4n) is 2.62. The summed E-state index contributed by atoms with van der Waals surface area (Å²) in [5, 5.41) is 9.16. The Morgan fingerprint density at radius 2 is 1.96 bits per heavy atom. The van der Waals surface area contributed by atoms with Gasteiger partial charge in [0.1, 0.15) is 10.8 Å². The molecule has 0 aliphatic carbocycles. The number of aryl methyl sites for hydroxylation is 1. The highest BCUT2D eigenvalue weighted by molar-refractivity contribution is 7.13. The molecule has 0 atom stereocenters. The standard InChI is InChI=1S/C21H22FN3OS/c1-15-5-7-17(8-6-15)21-25-19(14-27-21)13-23-9-10-24-20(26)12-16-3-2-4-18(22)11-16/h2-8,11,14,23H,9-10,12-13H2,1H3,(H,24,26). The van der Waals surface area contributed by atoms with E-state index in [1.165, 1.54) is 17.7 Å². The summed E-state index contributed by atoms with van der Waals surface area (Å²) in [6.45, 7) is 3.88. The number of amides is 1. The number of hydrogen-bond donors (Lipinski definition) is 2. The number of nitrogens with one attached hydrogen (secondary N) is 2. The van der Waals surface area contributed by atoms with Gasteiger partial charge in [-0.25, -0.2) is 9.37 Å². The second-order valence-electron chi connectivity index (χ2n) is 6.34. The SMILES string of the molecule is Cc1ccc(-c2nc(CNCCNC(=O)Cc3cccc(F)c3)cs2)cc1. The fraction of sp³-hybridized carbons (Fsp3) is 0.238.